The zero-order valence-corrected chi connectivity index (χ0v) is 12.6. The van der Waals surface area contributed by atoms with E-state index >= 15 is 0 Å². The SMILES string of the molecule is NCCc1cn([C@@H]2O[C@H](CO)[C@@H](O)[C@H](O)[C@H]2O)c2ccccc12. The Hall–Kier alpha value is -1.48. The summed E-state index contributed by atoms with van der Waals surface area (Å²) in [4.78, 5) is 0. The van der Waals surface area contributed by atoms with E-state index in [4.69, 9.17) is 10.5 Å². The third kappa shape index (κ3) is 2.76. The molecule has 0 aliphatic carbocycles. The molecule has 0 spiro atoms. The van der Waals surface area contributed by atoms with E-state index in [1.54, 1.807) is 4.57 Å². The van der Waals surface area contributed by atoms with Crippen LogP contribution in [0.2, 0.25) is 0 Å². The molecule has 0 radical (unpaired) electrons. The standard InChI is InChI=1S/C16H22N2O5/c17-6-5-9-7-18(11-4-2-1-3-10(9)11)16-15(22)14(21)13(20)12(8-19)23-16/h1-4,7,12-16,19-22H,5-6,8,17H2/t12-,13-,14+,15-,16-/m1/s1. The molecule has 7 nitrogen and oxygen atoms in total. The second kappa shape index (κ2) is 6.56. The molecule has 1 saturated heterocycles. The van der Waals surface area contributed by atoms with Crippen LogP contribution in [-0.2, 0) is 11.2 Å². The topological polar surface area (TPSA) is 121 Å². The van der Waals surface area contributed by atoms with Gasteiger partial charge < -0.3 is 35.5 Å². The molecule has 2 aromatic rings. The van der Waals surface area contributed by atoms with Crippen LogP contribution in [0.4, 0.5) is 0 Å². The maximum Gasteiger partial charge on any atom is 0.163 e. The van der Waals surface area contributed by atoms with Crippen LogP contribution in [0.5, 0.6) is 0 Å². The van der Waals surface area contributed by atoms with Gasteiger partial charge in [0.2, 0.25) is 0 Å². The lowest BCUT2D eigenvalue weighted by atomic mass is 9.98. The normalized spacial score (nSPS) is 31.6. The summed E-state index contributed by atoms with van der Waals surface area (Å²) in [6, 6.07) is 7.63. The number of fused-ring (bicyclic) bond motifs is 1. The van der Waals surface area contributed by atoms with Gasteiger partial charge in [-0.15, -0.1) is 0 Å². The van der Waals surface area contributed by atoms with Crippen LogP contribution in [0.25, 0.3) is 10.9 Å². The number of nitrogens with zero attached hydrogens (tertiary/aromatic N) is 1. The summed E-state index contributed by atoms with van der Waals surface area (Å²) in [5.74, 6) is 0. The van der Waals surface area contributed by atoms with Gasteiger partial charge in [0.25, 0.3) is 0 Å². The first-order valence-electron chi connectivity index (χ1n) is 7.67. The largest absolute Gasteiger partial charge is 0.394 e. The summed E-state index contributed by atoms with van der Waals surface area (Å²) < 4.78 is 7.36. The molecule has 5 atom stereocenters. The van der Waals surface area contributed by atoms with E-state index in [2.05, 4.69) is 0 Å². The number of aliphatic hydroxyl groups is 4. The van der Waals surface area contributed by atoms with Gasteiger partial charge in [-0.3, -0.25) is 0 Å². The first-order chi connectivity index (χ1) is 11.1. The fourth-order valence-corrected chi connectivity index (χ4v) is 3.15. The predicted octanol–water partition coefficient (Wildman–Crippen LogP) is -0.885. The summed E-state index contributed by atoms with van der Waals surface area (Å²) in [5.41, 5.74) is 7.50. The van der Waals surface area contributed by atoms with Crippen molar-refractivity contribution in [2.24, 2.45) is 5.73 Å². The van der Waals surface area contributed by atoms with Gasteiger partial charge in [-0.25, -0.2) is 0 Å². The molecule has 1 aliphatic heterocycles. The molecule has 7 heteroatoms. The molecule has 1 aromatic carbocycles. The molecule has 3 rings (SSSR count). The minimum atomic E-state index is -1.40. The van der Waals surface area contributed by atoms with Crippen molar-refractivity contribution in [3.63, 3.8) is 0 Å². The van der Waals surface area contributed by atoms with Gasteiger partial charge in [0.05, 0.1) is 12.1 Å². The Balaban J connectivity index is 2.05. The van der Waals surface area contributed by atoms with Crippen LogP contribution in [0, 0.1) is 0 Å². The molecule has 0 amide bonds. The first kappa shape index (κ1) is 16.4. The first-order valence-corrected chi connectivity index (χ1v) is 7.67. The highest BCUT2D eigenvalue weighted by atomic mass is 16.6. The number of aromatic nitrogens is 1. The molecular formula is C16H22N2O5. The Morgan fingerprint density at radius 1 is 1.09 bits per heavy atom. The molecule has 6 N–H and O–H groups in total. The lowest BCUT2D eigenvalue weighted by Crippen LogP contribution is -2.56. The minimum absolute atomic E-state index is 0.448. The Morgan fingerprint density at radius 3 is 2.52 bits per heavy atom. The fraction of sp³-hybridized carbons (Fsp3) is 0.500. The Morgan fingerprint density at radius 2 is 1.83 bits per heavy atom. The van der Waals surface area contributed by atoms with E-state index in [1.807, 2.05) is 30.5 Å². The average molecular weight is 322 g/mol. The number of hydrogen-bond donors (Lipinski definition) is 5. The average Bonchev–Trinajstić information content (AvgIpc) is 2.92. The van der Waals surface area contributed by atoms with Gasteiger partial charge in [-0.05, 0) is 24.6 Å². The van der Waals surface area contributed by atoms with Gasteiger partial charge in [0, 0.05) is 11.6 Å². The Labute approximate surface area is 133 Å². The zero-order chi connectivity index (χ0) is 16.6. The van der Waals surface area contributed by atoms with E-state index in [-0.39, 0.29) is 0 Å². The van der Waals surface area contributed by atoms with Crippen molar-refractivity contribution < 1.29 is 25.2 Å². The third-order valence-corrected chi connectivity index (χ3v) is 4.38. The summed E-state index contributed by atoms with van der Waals surface area (Å²) in [5, 5.41) is 40.5. The van der Waals surface area contributed by atoms with E-state index in [0.29, 0.717) is 13.0 Å². The van der Waals surface area contributed by atoms with Crippen LogP contribution in [0.3, 0.4) is 0 Å². The van der Waals surface area contributed by atoms with E-state index in [9.17, 15) is 20.4 Å². The van der Waals surface area contributed by atoms with Gasteiger partial charge in [0.1, 0.15) is 24.4 Å². The minimum Gasteiger partial charge on any atom is -0.394 e. The Kier molecular flexibility index (Phi) is 4.67. The summed E-state index contributed by atoms with van der Waals surface area (Å²) in [6.07, 6.45) is -3.40. The number of rotatable bonds is 4. The third-order valence-electron chi connectivity index (χ3n) is 4.38. The second-order valence-electron chi connectivity index (χ2n) is 5.84. The van der Waals surface area contributed by atoms with Crippen molar-refractivity contribution in [3.05, 3.63) is 36.0 Å². The molecular weight excluding hydrogens is 300 g/mol. The molecule has 0 saturated carbocycles. The van der Waals surface area contributed by atoms with Crippen LogP contribution < -0.4 is 5.73 Å². The maximum atomic E-state index is 10.3. The van der Waals surface area contributed by atoms with E-state index in [1.165, 1.54) is 0 Å². The van der Waals surface area contributed by atoms with Crippen molar-refractivity contribution in [2.75, 3.05) is 13.2 Å². The monoisotopic (exact) mass is 322 g/mol. The van der Waals surface area contributed by atoms with E-state index in [0.717, 1.165) is 16.5 Å². The highest BCUT2D eigenvalue weighted by Gasteiger charge is 2.44. The molecule has 2 heterocycles. The van der Waals surface area contributed by atoms with Crippen molar-refractivity contribution in [2.45, 2.75) is 37.1 Å². The maximum absolute atomic E-state index is 10.3. The summed E-state index contributed by atoms with van der Waals surface area (Å²) in [6.45, 7) is 0.0407. The molecule has 0 bridgehead atoms. The lowest BCUT2D eigenvalue weighted by molar-refractivity contribution is -0.250. The number of ether oxygens (including phenoxy) is 1. The van der Waals surface area contributed by atoms with Crippen LogP contribution >= 0.6 is 0 Å². The molecule has 126 valence electrons. The number of aliphatic hydroxyl groups excluding tert-OH is 4. The molecule has 1 aliphatic rings. The predicted molar refractivity (Wildman–Crippen MR) is 83.7 cm³/mol. The molecule has 1 fully saturated rings. The number of para-hydroxylation sites is 1. The van der Waals surface area contributed by atoms with Gasteiger partial charge >= 0.3 is 0 Å². The summed E-state index contributed by atoms with van der Waals surface area (Å²) >= 11 is 0. The van der Waals surface area contributed by atoms with Crippen molar-refractivity contribution in [1.82, 2.24) is 4.57 Å². The van der Waals surface area contributed by atoms with Crippen LogP contribution in [0.1, 0.15) is 11.8 Å². The Bertz CT molecular complexity index is 672. The van der Waals surface area contributed by atoms with Gasteiger partial charge in [-0.1, -0.05) is 18.2 Å². The highest BCUT2D eigenvalue weighted by molar-refractivity contribution is 5.84. The smallest absolute Gasteiger partial charge is 0.163 e. The lowest BCUT2D eigenvalue weighted by Gasteiger charge is -2.40. The highest BCUT2D eigenvalue weighted by Crippen LogP contribution is 2.33. The molecule has 23 heavy (non-hydrogen) atoms. The summed E-state index contributed by atoms with van der Waals surface area (Å²) in [7, 11) is 0. The molecule has 0 unspecified atom stereocenters. The number of hydrogen-bond acceptors (Lipinski definition) is 6. The zero-order valence-electron chi connectivity index (χ0n) is 12.6. The molecule has 1 aromatic heterocycles. The fourth-order valence-electron chi connectivity index (χ4n) is 3.15. The number of nitrogens with two attached hydrogens (primary N) is 1. The second-order valence-corrected chi connectivity index (χ2v) is 5.84. The van der Waals surface area contributed by atoms with Crippen molar-refractivity contribution >= 4 is 10.9 Å². The van der Waals surface area contributed by atoms with E-state index < -0.39 is 37.3 Å². The van der Waals surface area contributed by atoms with Crippen molar-refractivity contribution in [3.8, 4) is 0 Å². The van der Waals surface area contributed by atoms with Crippen molar-refractivity contribution in [1.29, 1.82) is 0 Å². The van der Waals surface area contributed by atoms with Crippen LogP contribution in [-0.4, -0.2) is 62.6 Å². The van der Waals surface area contributed by atoms with Gasteiger partial charge in [-0.2, -0.15) is 0 Å². The number of benzene rings is 1. The quantitative estimate of drug-likeness (QED) is 0.498. The van der Waals surface area contributed by atoms with Crippen LogP contribution in [0.15, 0.2) is 30.5 Å². The van der Waals surface area contributed by atoms with Gasteiger partial charge in [0.15, 0.2) is 6.23 Å².